The van der Waals surface area contributed by atoms with E-state index >= 15 is 0 Å². The molecule has 1 aromatic carbocycles. The van der Waals surface area contributed by atoms with E-state index in [4.69, 9.17) is 23.2 Å². The number of hydrogen-bond acceptors (Lipinski definition) is 2. The summed E-state index contributed by atoms with van der Waals surface area (Å²) in [5.74, 6) is 0.147. The Morgan fingerprint density at radius 2 is 2.05 bits per heavy atom. The van der Waals surface area contributed by atoms with Crippen molar-refractivity contribution < 1.29 is 4.39 Å². The summed E-state index contributed by atoms with van der Waals surface area (Å²) in [6, 6.07) is 2.84. The molecule has 2 nitrogen and oxygen atoms in total. The number of nitrogens with zero attached hydrogens (tertiary/aromatic N) is 1. The number of anilines is 1. The second-order valence-electron chi connectivity index (χ2n) is 5.47. The van der Waals surface area contributed by atoms with E-state index < -0.39 is 5.82 Å². The van der Waals surface area contributed by atoms with Crippen molar-refractivity contribution in [3.05, 3.63) is 28.0 Å². The first-order chi connectivity index (χ1) is 9.51. The molecule has 0 saturated carbocycles. The molecular formula is C15H21Cl2FN2. The van der Waals surface area contributed by atoms with Crippen molar-refractivity contribution in [3.63, 3.8) is 0 Å². The minimum Gasteiger partial charge on any atom is -0.380 e. The van der Waals surface area contributed by atoms with E-state index in [2.05, 4.69) is 24.1 Å². The van der Waals surface area contributed by atoms with Gasteiger partial charge in [-0.3, -0.25) is 0 Å². The van der Waals surface area contributed by atoms with Crippen LogP contribution in [0, 0.1) is 11.7 Å². The van der Waals surface area contributed by atoms with Gasteiger partial charge in [0.1, 0.15) is 5.82 Å². The van der Waals surface area contributed by atoms with E-state index in [9.17, 15) is 4.39 Å². The third-order valence-corrected chi connectivity index (χ3v) is 4.67. The standard InChI is InChI=1S/C15H21Cl2FN2/c1-3-20-6-4-5-11(9-20)10(2)19-15-13(16)7-12(18)8-14(15)17/h7-8,10-11,19H,3-6,9H2,1-2H3. The fraction of sp³-hybridized carbons (Fsp3) is 0.600. The smallest absolute Gasteiger partial charge is 0.126 e. The van der Waals surface area contributed by atoms with Crippen LogP contribution in [-0.4, -0.2) is 30.6 Å². The monoisotopic (exact) mass is 318 g/mol. The molecule has 2 unspecified atom stereocenters. The molecular weight excluding hydrogens is 298 g/mol. The number of piperidine rings is 1. The lowest BCUT2D eigenvalue weighted by molar-refractivity contribution is 0.172. The number of halogens is 3. The summed E-state index contributed by atoms with van der Waals surface area (Å²) in [5, 5.41) is 4.04. The Bertz CT molecular complexity index is 444. The second kappa shape index (κ2) is 6.97. The van der Waals surface area contributed by atoms with Gasteiger partial charge in [-0.1, -0.05) is 30.1 Å². The molecule has 5 heteroatoms. The predicted octanol–water partition coefficient (Wildman–Crippen LogP) is 4.66. The van der Waals surface area contributed by atoms with Crippen LogP contribution in [0.5, 0.6) is 0 Å². The lowest BCUT2D eigenvalue weighted by Crippen LogP contribution is -2.41. The molecule has 2 rings (SSSR count). The topological polar surface area (TPSA) is 15.3 Å². The van der Waals surface area contributed by atoms with Gasteiger partial charge in [0.2, 0.25) is 0 Å². The van der Waals surface area contributed by atoms with Crippen molar-refractivity contribution in [1.29, 1.82) is 0 Å². The predicted molar refractivity (Wildman–Crippen MR) is 84.3 cm³/mol. The summed E-state index contributed by atoms with van der Waals surface area (Å²) < 4.78 is 13.2. The molecule has 20 heavy (non-hydrogen) atoms. The Morgan fingerprint density at radius 3 is 2.65 bits per heavy atom. The minimum absolute atomic E-state index is 0.254. The van der Waals surface area contributed by atoms with Crippen LogP contribution in [0.25, 0.3) is 0 Å². The first-order valence-electron chi connectivity index (χ1n) is 7.14. The molecule has 112 valence electrons. The van der Waals surface area contributed by atoms with Crippen molar-refractivity contribution in [2.45, 2.75) is 32.7 Å². The van der Waals surface area contributed by atoms with Crippen molar-refractivity contribution in [3.8, 4) is 0 Å². The molecule has 1 aliphatic heterocycles. The zero-order valence-corrected chi connectivity index (χ0v) is 13.4. The largest absolute Gasteiger partial charge is 0.380 e. The molecule has 1 N–H and O–H groups in total. The summed E-state index contributed by atoms with van der Waals surface area (Å²) in [4.78, 5) is 2.46. The minimum atomic E-state index is -0.409. The van der Waals surface area contributed by atoms with Gasteiger partial charge < -0.3 is 10.2 Å². The van der Waals surface area contributed by atoms with Crippen molar-refractivity contribution in [2.24, 2.45) is 5.92 Å². The highest BCUT2D eigenvalue weighted by atomic mass is 35.5. The highest BCUT2D eigenvalue weighted by Crippen LogP contribution is 2.33. The maximum Gasteiger partial charge on any atom is 0.126 e. The van der Waals surface area contributed by atoms with Gasteiger partial charge in [-0.05, 0) is 50.9 Å². The Morgan fingerprint density at radius 1 is 1.40 bits per heavy atom. The summed E-state index contributed by atoms with van der Waals surface area (Å²) >= 11 is 12.2. The van der Waals surface area contributed by atoms with Crippen LogP contribution in [-0.2, 0) is 0 Å². The van der Waals surface area contributed by atoms with Gasteiger partial charge in [-0.25, -0.2) is 4.39 Å². The van der Waals surface area contributed by atoms with E-state index in [1.54, 1.807) is 0 Å². The Labute approximate surface area is 130 Å². The fourth-order valence-corrected chi connectivity index (χ4v) is 3.38. The van der Waals surface area contributed by atoms with E-state index in [0.717, 1.165) is 13.1 Å². The third kappa shape index (κ3) is 3.78. The molecule has 0 amide bonds. The van der Waals surface area contributed by atoms with Crippen LogP contribution in [0.1, 0.15) is 26.7 Å². The lowest BCUT2D eigenvalue weighted by atomic mass is 9.91. The number of nitrogens with one attached hydrogen (secondary N) is 1. The summed E-state index contributed by atoms with van der Waals surface area (Å²) in [5.41, 5.74) is 0.635. The van der Waals surface area contributed by atoms with Gasteiger partial charge in [-0.2, -0.15) is 0 Å². The maximum absolute atomic E-state index is 13.2. The van der Waals surface area contributed by atoms with Gasteiger partial charge >= 0.3 is 0 Å². The third-order valence-electron chi connectivity index (χ3n) is 4.08. The maximum atomic E-state index is 13.2. The normalized spacial score (nSPS) is 21.8. The van der Waals surface area contributed by atoms with Gasteiger partial charge in [0, 0.05) is 12.6 Å². The molecule has 0 aromatic heterocycles. The van der Waals surface area contributed by atoms with Gasteiger partial charge in [0.25, 0.3) is 0 Å². The second-order valence-corrected chi connectivity index (χ2v) is 6.29. The van der Waals surface area contributed by atoms with Gasteiger partial charge in [0.15, 0.2) is 0 Å². The molecule has 0 aliphatic carbocycles. The Hall–Kier alpha value is -0.510. The van der Waals surface area contributed by atoms with Crippen LogP contribution in [0.3, 0.4) is 0 Å². The van der Waals surface area contributed by atoms with Crippen LogP contribution in [0.4, 0.5) is 10.1 Å². The van der Waals surface area contributed by atoms with Crippen LogP contribution >= 0.6 is 23.2 Å². The molecule has 0 spiro atoms. The average molecular weight is 319 g/mol. The number of hydrogen-bond donors (Lipinski definition) is 1. The number of likely N-dealkylation sites (tertiary alicyclic amines) is 1. The summed E-state index contributed by atoms with van der Waals surface area (Å²) in [7, 11) is 0. The van der Waals surface area contributed by atoms with Crippen LogP contribution in [0.2, 0.25) is 10.0 Å². The van der Waals surface area contributed by atoms with E-state index in [1.165, 1.54) is 31.5 Å². The van der Waals surface area contributed by atoms with Crippen molar-refractivity contribution in [2.75, 3.05) is 25.0 Å². The van der Waals surface area contributed by atoms with Crippen molar-refractivity contribution >= 4 is 28.9 Å². The first kappa shape index (κ1) is 15.9. The molecule has 1 aromatic rings. The van der Waals surface area contributed by atoms with Gasteiger partial charge in [0.05, 0.1) is 15.7 Å². The average Bonchev–Trinajstić information content (AvgIpc) is 2.42. The SMILES string of the molecule is CCN1CCCC(C(C)Nc2c(Cl)cc(F)cc2Cl)C1. The fourth-order valence-electron chi connectivity index (χ4n) is 2.81. The number of rotatable bonds is 4. The molecule has 0 bridgehead atoms. The molecule has 1 saturated heterocycles. The van der Waals surface area contributed by atoms with E-state index in [-0.39, 0.29) is 6.04 Å². The molecule has 1 heterocycles. The lowest BCUT2D eigenvalue weighted by Gasteiger charge is -2.36. The summed E-state index contributed by atoms with van der Waals surface area (Å²) in [6.07, 6.45) is 2.41. The zero-order chi connectivity index (χ0) is 14.7. The van der Waals surface area contributed by atoms with Crippen LogP contribution in [0.15, 0.2) is 12.1 Å². The molecule has 2 atom stereocenters. The Kier molecular flexibility index (Phi) is 5.53. The van der Waals surface area contributed by atoms with Gasteiger partial charge in [-0.15, -0.1) is 0 Å². The quantitative estimate of drug-likeness (QED) is 0.868. The Balaban J connectivity index is 2.06. The van der Waals surface area contributed by atoms with Crippen LogP contribution < -0.4 is 5.32 Å². The molecule has 1 fully saturated rings. The highest BCUT2D eigenvalue weighted by molar-refractivity contribution is 6.39. The van der Waals surface area contributed by atoms with Crippen molar-refractivity contribution in [1.82, 2.24) is 4.90 Å². The zero-order valence-electron chi connectivity index (χ0n) is 11.9. The number of benzene rings is 1. The molecule has 1 aliphatic rings. The first-order valence-corrected chi connectivity index (χ1v) is 7.90. The highest BCUT2D eigenvalue weighted by Gasteiger charge is 2.24. The molecule has 0 radical (unpaired) electrons. The van der Waals surface area contributed by atoms with E-state index in [1.807, 2.05) is 0 Å². The summed E-state index contributed by atoms with van der Waals surface area (Å²) in [6.45, 7) is 7.67. The van der Waals surface area contributed by atoms with E-state index in [0.29, 0.717) is 21.7 Å².